The maximum Gasteiger partial charge on any atom is 0.251 e. The molecular weight excluding hydrogens is 358 g/mol. The van der Waals surface area contributed by atoms with E-state index >= 15 is 0 Å². The largest absolute Gasteiger partial charge is 0.495 e. The highest BCUT2D eigenvalue weighted by Gasteiger charge is 2.30. The number of benzene rings is 1. The number of anilines is 1. The first-order valence-corrected chi connectivity index (χ1v) is 9.21. The number of carbonyl (C=O) groups excluding carboxylic acids is 2. The Kier molecular flexibility index (Phi) is 6.34. The average Bonchev–Trinajstić information content (AvgIpc) is 3.16. The van der Waals surface area contributed by atoms with E-state index in [4.69, 9.17) is 21.1 Å². The van der Waals surface area contributed by atoms with Crippen molar-refractivity contribution in [2.45, 2.75) is 18.9 Å². The monoisotopic (exact) mass is 381 g/mol. The quantitative estimate of drug-likeness (QED) is 0.839. The van der Waals surface area contributed by atoms with Crippen molar-refractivity contribution in [3.05, 3.63) is 23.2 Å². The van der Waals surface area contributed by atoms with E-state index in [1.165, 1.54) is 0 Å². The van der Waals surface area contributed by atoms with E-state index in [0.29, 0.717) is 49.2 Å². The van der Waals surface area contributed by atoms with E-state index in [1.807, 2.05) is 9.80 Å². The van der Waals surface area contributed by atoms with Crippen molar-refractivity contribution in [2.75, 3.05) is 51.8 Å². The third kappa shape index (κ3) is 4.66. The molecule has 8 heteroatoms. The molecule has 2 heterocycles. The van der Waals surface area contributed by atoms with Crippen molar-refractivity contribution in [3.8, 4) is 5.75 Å². The molecule has 2 saturated heterocycles. The van der Waals surface area contributed by atoms with Gasteiger partial charge in [-0.2, -0.15) is 0 Å². The van der Waals surface area contributed by atoms with Crippen LogP contribution in [0.5, 0.6) is 5.75 Å². The van der Waals surface area contributed by atoms with Crippen LogP contribution in [-0.2, 0) is 14.3 Å². The number of ether oxygens (including phenoxy) is 2. The molecule has 0 saturated carbocycles. The van der Waals surface area contributed by atoms with Crippen LogP contribution in [-0.4, -0.2) is 74.2 Å². The molecule has 2 amide bonds. The van der Waals surface area contributed by atoms with E-state index in [-0.39, 0.29) is 24.5 Å². The molecule has 0 unspecified atom stereocenters. The first-order chi connectivity index (χ1) is 12.6. The summed E-state index contributed by atoms with van der Waals surface area (Å²) in [4.78, 5) is 28.5. The zero-order chi connectivity index (χ0) is 18.5. The highest BCUT2D eigenvalue weighted by atomic mass is 35.5. The summed E-state index contributed by atoms with van der Waals surface area (Å²) in [6, 6.07) is 5.13. The molecule has 2 fully saturated rings. The molecule has 3 rings (SSSR count). The lowest BCUT2D eigenvalue weighted by Gasteiger charge is -2.35. The van der Waals surface area contributed by atoms with Gasteiger partial charge < -0.3 is 19.7 Å². The highest BCUT2D eigenvalue weighted by Crippen LogP contribution is 2.27. The van der Waals surface area contributed by atoms with Gasteiger partial charge in [0.25, 0.3) is 5.91 Å². The van der Waals surface area contributed by atoms with Crippen LogP contribution in [0.15, 0.2) is 18.2 Å². The Labute approximate surface area is 158 Å². The topological polar surface area (TPSA) is 71.1 Å². The molecule has 1 atom stereocenters. The van der Waals surface area contributed by atoms with Crippen molar-refractivity contribution in [2.24, 2.45) is 0 Å². The van der Waals surface area contributed by atoms with Gasteiger partial charge in [-0.3, -0.25) is 14.5 Å². The molecule has 0 aromatic heterocycles. The summed E-state index contributed by atoms with van der Waals surface area (Å²) in [5, 5.41) is 3.29. The van der Waals surface area contributed by atoms with Crippen LogP contribution >= 0.6 is 11.6 Å². The van der Waals surface area contributed by atoms with E-state index in [2.05, 4.69) is 5.32 Å². The molecule has 0 radical (unpaired) electrons. The number of carbonyl (C=O) groups is 2. The fourth-order valence-corrected chi connectivity index (χ4v) is 3.51. The normalized spacial score (nSPS) is 20.8. The van der Waals surface area contributed by atoms with Crippen LogP contribution in [0.4, 0.5) is 5.69 Å². The third-order valence-corrected chi connectivity index (χ3v) is 4.99. The molecular formula is C18H24ClN3O4. The number of rotatable bonds is 5. The summed E-state index contributed by atoms with van der Waals surface area (Å²) in [5.74, 6) is 0.543. The van der Waals surface area contributed by atoms with Crippen molar-refractivity contribution in [3.63, 3.8) is 0 Å². The fraction of sp³-hybridized carbons (Fsp3) is 0.556. The fourth-order valence-electron chi connectivity index (χ4n) is 3.25. The molecule has 2 aliphatic rings. The second-order valence-corrected chi connectivity index (χ2v) is 6.91. The van der Waals surface area contributed by atoms with Gasteiger partial charge in [0, 0.05) is 38.5 Å². The summed E-state index contributed by atoms with van der Waals surface area (Å²) in [6.07, 6.45) is 1.49. The number of nitrogens with one attached hydrogen (secondary N) is 1. The highest BCUT2D eigenvalue weighted by molar-refractivity contribution is 6.32. The van der Waals surface area contributed by atoms with Crippen LogP contribution in [0.1, 0.15) is 12.8 Å². The van der Waals surface area contributed by atoms with Crippen LogP contribution in [0.3, 0.4) is 0 Å². The second kappa shape index (κ2) is 8.70. The van der Waals surface area contributed by atoms with Gasteiger partial charge in [-0.1, -0.05) is 11.6 Å². The van der Waals surface area contributed by atoms with Gasteiger partial charge in [0.1, 0.15) is 11.9 Å². The van der Waals surface area contributed by atoms with Crippen molar-refractivity contribution >= 4 is 29.1 Å². The van der Waals surface area contributed by atoms with Gasteiger partial charge in [0.15, 0.2) is 0 Å². The molecule has 1 N–H and O–H groups in total. The molecule has 1 aromatic carbocycles. The lowest BCUT2D eigenvalue weighted by Crippen LogP contribution is -2.52. The predicted octanol–water partition coefficient (Wildman–Crippen LogP) is 1.61. The standard InChI is InChI=1S/C18H24ClN3O4/c1-25-15-5-4-13(11-14(15)19)20-17(23)12-21-6-8-22(9-7-21)18(24)16-3-2-10-26-16/h4-5,11,16H,2-3,6-10,12H2,1H3,(H,20,23)/t16-/m1/s1. The van der Waals surface area contributed by atoms with Gasteiger partial charge in [0.05, 0.1) is 18.7 Å². The Hall–Kier alpha value is -1.83. The Balaban J connectivity index is 1.44. The van der Waals surface area contributed by atoms with Gasteiger partial charge in [-0.05, 0) is 31.0 Å². The zero-order valence-electron chi connectivity index (χ0n) is 14.9. The van der Waals surface area contributed by atoms with Gasteiger partial charge in [0.2, 0.25) is 5.91 Å². The minimum Gasteiger partial charge on any atom is -0.495 e. The SMILES string of the molecule is COc1ccc(NC(=O)CN2CCN(C(=O)[C@H]3CCCO3)CC2)cc1Cl. The number of halogens is 1. The van der Waals surface area contributed by atoms with E-state index < -0.39 is 0 Å². The smallest absolute Gasteiger partial charge is 0.251 e. The molecule has 1 aromatic rings. The van der Waals surface area contributed by atoms with Crippen LogP contribution in [0.2, 0.25) is 5.02 Å². The Morgan fingerprint density at radius 1 is 1.31 bits per heavy atom. The Morgan fingerprint density at radius 3 is 2.69 bits per heavy atom. The maximum atomic E-state index is 12.3. The third-order valence-electron chi connectivity index (χ3n) is 4.69. The minimum atomic E-state index is -0.273. The number of amides is 2. The lowest BCUT2D eigenvalue weighted by molar-refractivity contribution is -0.142. The molecule has 0 aliphatic carbocycles. The van der Waals surface area contributed by atoms with Gasteiger partial charge in [-0.25, -0.2) is 0 Å². The van der Waals surface area contributed by atoms with Gasteiger partial charge >= 0.3 is 0 Å². The number of piperazine rings is 1. The summed E-state index contributed by atoms with van der Waals surface area (Å²) < 4.78 is 10.6. The number of hydrogen-bond acceptors (Lipinski definition) is 5. The molecule has 7 nitrogen and oxygen atoms in total. The van der Waals surface area contributed by atoms with Crippen LogP contribution in [0.25, 0.3) is 0 Å². The summed E-state index contributed by atoms with van der Waals surface area (Å²) in [5.41, 5.74) is 0.632. The lowest BCUT2D eigenvalue weighted by atomic mass is 10.2. The predicted molar refractivity (Wildman–Crippen MR) is 98.6 cm³/mol. The number of hydrogen-bond donors (Lipinski definition) is 1. The average molecular weight is 382 g/mol. The van der Waals surface area contributed by atoms with Crippen LogP contribution in [0, 0.1) is 0 Å². The summed E-state index contributed by atoms with van der Waals surface area (Å²) in [7, 11) is 1.54. The van der Waals surface area contributed by atoms with Crippen molar-refractivity contribution in [1.29, 1.82) is 0 Å². The van der Waals surface area contributed by atoms with E-state index in [1.54, 1.807) is 25.3 Å². The minimum absolute atomic E-state index is 0.0828. The molecule has 0 bridgehead atoms. The molecule has 26 heavy (non-hydrogen) atoms. The second-order valence-electron chi connectivity index (χ2n) is 6.50. The number of nitrogens with zero attached hydrogens (tertiary/aromatic N) is 2. The van der Waals surface area contributed by atoms with Crippen LogP contribution < -0.4 is 10.1 Å². The van der Waals surface area contributed by atoms with Crippen molar-refractivity contribution < 1.29 is 19.1 Å². The molecule has 0 spiro atoms. The summed E-state index contributed by atoms with van der Waals surface area (Å²) >= 11 is 6.07. The first-order valence-electron chi connectivity index (χ1n) is 8.83. The zero-order valence-corrected chi connectivity index (χ0v) is 15.6. The number of methoxy groups -OCH3 is 1. The summed E-state index contributed by atoms with van der Waals surface area (Å²) in [6.45, 7) is 3.56. The maximum absolute atomic E-state index is 12.3. The Morgan fingerprint density at radius 2 is 2.08 bits per heavy atom. The molecule has 2 aliphatic heterocycles. The molecule has 142 valence electrons. The van der Waals surface area contributed by atoms with Crippen molar-refractivity contribution in [1.82, 2.24) is 9.80 Å². The first kappa shape index (κ1) is 18.9. The Bertz CT molecular complexity index is 656. The van der Waals surface area contributed by atoms with Gasteiger partial charge in [-0.15, -0.1) is 0 Å². The van der Waals surface area contributed by atoms with E-state index in [9.17, 15) is 9.59 Å². The van der Waals surface area contributed by atoms with E-state index in [0.717, 1.165) is 12.8 Å².